The van der Waals surface area contributed by atoms with Gasteiger partial charge in [-0.25, -0.2) is 18.3 Å². The molecule has 3 aromatic heterocycles. The van der Waals surface area contributed by atoms with Crippen LogP contribution in [-0.2, 0) is 6.42 Å². The maximum absolute atomic E-state index is 13.7. The number of fused-ring (bicyclic) bond motifs is 2. The molecule has 0 spiro atoms. The van der Waals surface area contributed by atoms with Gasteiger partial charge in [0.25, 0.3) is 12.3 Å². The second kappa shape index (κ2) is 8.22. The lowest BCUT2D eigenvalue weighted by molar-refractivity contribution is 0.0955. The number of rotatable bonds is 6. The van der Waals surface area contributed by atoms with Gasteiger partial charge in [-0.3, -0.25) is 4.79 Å². The molecule has 3 heterocycles. The Morgan fingerprint density at radius 3 is 2.69 bits per heavy atom. The molecule has 0 saturated carbocycles. The predicted octanol–water partition coefficient (Wildman–Crippen LogP) is 4.79. The first-order valence-corrected chi connectivity index (χ1v) is 10.2. The molecule has 0 radical (unpaired) electrons. The van der Waals surface area contributed by atoms with Crippen molar-refractivity contribution in [3.8, 4) is 11.3 Å². The molecule has 0 aliphatic rings. The van der Waals surface area contributed by atoms with Crippen LogP contribution in [0.4, 0.5) is 8.78 Å². The molecule has 0 aliphatic heterocycles. The summed E-state index contributed by atoms with van der Waals surface area (Å²) in [6, 6.07) is 18.3. The number of hydrogen-bond acceptors (Lipinski definition) is 3. The molecule has 8 heteroatoms. The summed E-state index contributed by atoms with van der Waals surface area (Å²) in [7, 11) is 0. The minimum atomic E-state index is -2.76. The molecule has 6 nitrogen and oxygen atoms in total. The maximum atomic E-state index is 13.7. The summed E-state index contributed by atoms with van der Waals surface area (Å²) in [4.78, 5) is 20.5. The summed E-state index contributed by atoms with van der Waals surface area (Å²) >= 11 is 0. The lowest BCUT2D eigenvalue weighted by Crippen LogP contribution is -2.25. The summed E-state index contributed by atoms with van der Waals surface area (Å²) in [6.45, 7) is 0.387. The number of aromatic nitrogens is 4. The number of nitrogens with one attached hydrogen (secondary N) is 2. The molecule has 0 bridgehead atoms. The molecule has 0 saturated heterocycles. The van der Waals surface area contributed by atoms with Crippen molar-refractivity contribution in [2.75, 3.05) is 6.54 Å². The van der Waals surface area contributed by atoms with Gasteiger partial charge in [0.1, 0.15) is 11.3 Å². The van der Waals surface area contributed by atoms with E-state index >= 15 is 0 Å². The molecular formula is C24H19F2N5O. The largest absolute Gasteiger partial charge is 0.361 e. The van der Waals surface area contributed by atoms with E-state index in [0.29, 0.717) is 24.2 Å². The van der Waals surface area contributed by atoms with Crippen LogP contribution in [0.15, 0.2) is 73.1 Å². The van der Waals surface area contributed by atoms with Gasteiger partial charge in [0.2, 0.25) is 0 Å². The third-order valence-electron chi connectivity index (χ3n) is 5.39. The monoisotopic (exact) mass is 431 g/mol. The summed E-state index contributed by atoms with van der Waals surface area (Å²) in [6.07, 6.45) is 1.07. The number of alkyl halides is 2. The van der Waals surface area contributed by atoms with E-state index in [1.54, 1.807) is 24.3 Å². The van der Waals surface area contributed by atoms with Gasteiger partial charge in [0, 0.05) is 29.2 Å². The van der Waals surface area contributed by atoms with Gasteiger partial charge in [0.15, 0.2) is 5.65 Å². The topological polar surface area (TPSA) is 75.1 Å². The Hall–Kier alpha value is -4.07. The van der Waals surface area contributed by atoms with Crippen molar-refractivity contribution < 1.29 is 13.6 Å². The van der Waals surface area contributed by atoms with Gasteiger partial charge in [0.05, 0.1) is 11.9 Å². The second-order valence-corrected chi connectivity index (χ2v) is 7.39. The highest BCUT2D eigenvalue weighted by molar-refractivity contribution is 6.00. The molecule has 160 valence electrons. The lowest BCUT2D eigenvalue weighted by Gasteiger charge is -2.09. The van der Waals surface area contributed by atoms with E-state index in [0.717, 1.165) is 21.0 Å². The fourth-order valence-electron chi connectivity index (χ4n) is 3.80. The lowest BCUT2D eigenvalue weighted by atomic mass is 10.1. The molecule has 0 aliphatic carbocycles. The van der Waals surface area contributed by atoms with Crippen LogP contribution in [-0.4, -0.2) is 32.0 Å². The number of H-pyrrole nitrogens is 1. The van der Waals surface area contributed by atoms with Crippen LogP contribution >= 0.6 is 0 Å². The van der Waals surface area contributed by atoms with E-state index in [1.165, 1.54) is 12.3 Å². The van der Waals surface area contributed by atoms with E-state index in [-0.39, 0.29) is 16.9 Å². The average Bonchev–Trinajstić information content (AvgIpc) is 3.43. The Morgan fingerprint density at radius 1 is 1.09 bits per heavy atom. The van der Waals surface area contributed by atoms with Crippen molar-refractivity contribution in [3.05, 3.63) is 89.9 Å². The summed E-state index contributed by atoms with van der Waals surface area (Å²) < 4.78 is 28.4. The molecule has 2 aromatic carbocycles. The van der Waals surface area contributed by atoms with E-state index in [9.17, 15) is 13.6 Å². The van der Waals surface area contributed by atoms with Crippen LogP contribution in [0.2, 0.25) is 0 Å². The number of halogens is 2. The summed E-state index contributed by atoms with van der Waals surface area (Å²) in [5.41, 5.74) is 3.12. The van der Waals surface area contributed by atoms with Crippen molar-refractivity contribution in [2.24, 2.45) is 0 Å². The first kappa shape index (κ1) is 19.9. The SMILES string of the molecule is O=C(NCCc1c[nH]c2ccccc12)c1cnn2c(C(F)F)cc(-c3ccccc3)nc12. The van der Waals surface area contributed by atoms with Crippen molar-refractivity contribution in [3.63, 3.8) is 0 Å². The number of nitrogens with zero attached hydrogens (tertiary/aromatic N) is 3. The van der Waals surface area contributed by atoms with E-state index in [2.05, 4.69) is 20.4 Å². The smallest absolute Gasteiger partial charge is 0.280 e. The Morgan fingerprint density at radius 2 is 1.88 bits per heavy atom. The Kier molecular flexibility index (Phi) is 5.10. The molecule has 5 aromatic rings. The van der Waals surface area contributed by atoms with E-state index < -0.39 is 12.3 Å². The van der Waals surface area contributed by atoms with Crippen molar-refractivity contribution in [1.82, 2.24) is 24.9 Å². The Labute approximate surface area is 181 Å². The molecule has 0 fully saturated rings. The van der Waals surface area contributed by atoms with Crippen LogP contribution in [0.1, 0.15) is 28.0 Å². The zero-order chi connectivity index (χ0) is 22.1. The van der Waals surface area contributed by atoms with Gasteiger partial charge in [-0.1, -0.05) is 48.5 Å². The number of benzene rings is 2. The molecule has 2 N–H and O–H groups in total. The number of amides is 1. The number of aromatic amines is 1. The number of para-hydroxylation sites is 1. The normalized spacial score (nSPS) is 11.5. The predicted molar refractivity (Wildman–Crippen MR) is 118 cm³/mol. The first-order valence-electron chi connectivity index (χ1n) is 10.2. The van der Waals surface area contributed by atoms with E-state index in [1.807, 2.05) is 36.5 Å². The highest BCUT2D eigenvalue weighted by atomic mass is 19.3. The third-order valence-corrected chi connectivity index (χ3v) is 5.39. The third kappa shape index (κ3) is 3.60. The molecule has 0 atom stereocenters. The second-order valence-electron chi connectivity index (χ2n) is 7.39. The van der Waals surface area contributed by atoms with Crippen LogP contribution in [0.3, 0.4) is 0 Å². The number of carbonyl (C=O) groups is 1. The molecular weight excluding hydrogens is 412 g/mol. The molecule has 1 amide bonds. The van der Waals surface area contributed by atoms with Gasteiger partial charge >= 0.3 is 0 Å². The van der Waals surface area contributed by atoms with E-state index in [4.69, 9.17) is 0 Å². The van der Waals surface area contributed by atoms with Crippen LogP contribution in [0.5, 0.6) is 0 Å². The Bertz CT molecular complexity index is 1410. The molecule has 5 rings (SSSR count). The van der Waals surface area contributed by atoms with Crippen LogP contribution in [0, 0.1) is 0 Å². The van der Waals surface area contributed by atoms with Crippen LogP contribution in [0.25, 0.3) is 27.8 Å². The van der Waals surface area contributed by atoms with Gasteiger partial charge in [-0.05, 0) is 24.1 Å². The highest BCUT2D eigenvalue weighted by Gasteiger charge is 2.21. The van der Waals surface area contributed by atoms with Gasteiger partial charge in [-0.15, -0.1) is 0 Å². The standard InChI is InChI=1S/C24H19F2N5O/c25-22(26)21-12-20(15-6-2-1-3-7-15)30-23-18(14-29-31(21)23)24(32)27-11-10-16-13-28-19-9-5-4-8-17(16)19/h1-9,12-14,22,28H,10-11H2,(H,27,32). The maximum Gasteiger partial charge on any atom is 0.280 e. The molecule has 0 unspecified atom stereocenters. The number of hydrogen-bond donors (Lipinski definition) is 2. The van der Waals surface area contributed by atoms with Crippen molar-refractivity contribution in [1.29, 1.82) is 0 Å². The van der Waals surface area contributed by atoms with Crippen LogP contribution < -0.4 is 5.32 Å². The quantitative estimate of drug-likeness (QED) is 0.406. The zero-order valence-corrected chi connectivity index (χ0v) is 16.9. The highest BCUT2D eigenvalue weighted by Crippen LogP contribution is 2.26. The summed E-state index contributed by atoms with van der Waals surface area (Å²) in [5, 5.41) is 7.96. The van der Waals surface area contributed by atoms with Crippen molar-refractivity contribution >= 4 is 22.5 Å². The van der Waals surface area contributed by atoms with Gasteiger partial charge < -0.3 is 10.3 Å². The zero-order valence-electron chi connectivity index (χ0n) is 16.9. The first-order chi connectivity index (χ1) is 15.6. The fraction of sp³-hybridized carbons (Fsp3) is 0.125. The van der Waals surface area contributed by atoms with Gasteiger partial charge in [-0.2, -0.15) is 5.10 Å². The van der Waals surface area contributed by atoms with Crippen molar-refractivity contribution in [2.45, 2.75) is 12.8 Å². The molecule has 32 heavy (non-hydrogen) atoms. The number of carbonyl (C=O) groups excluding carboxylic acids is 1. The minimum absolute atomic E-state index is 0.103. The average molecular weight is 431 g/mol. The fourth-order valence-corrected chi connectivity index (χ4v) is 3.80. The summed E-state index contributed by atoms with van der Waals surface area (Å²) in [5.74, 6) is -0.405. The minimum Gasteiger partial charge on any atom is -0.361 e. The Balaban J connectivity index is 1.42.